The van der Waals surface area contributed by atoms with E-state index in [4.69, 9.17) is 0 Å². The van der Waals surface area contributed by atoms with Crippen LogP contribution in [0, 0.1) is 0 Å². The number of nitrogens with one attached hydrogen (secondary N) is 2. The SMILES string of the molecule is CC(=O)Nc1cccc2c1C(NC(C)=O)c1ccccc1-2. The number of carbonyl (C=O) groups excluding carboxylic acids is 2. The predicted molar refractivity (Wildman–Crippen MR) is 81.8 cm³/mol. The molecular weight excluding hydrogens is 264 g/mol. The second kappa shape index (κ2) is 5.05. The zero-order chi connectivity index (χ0) is 15.0. The summed E-state index contributed by atoms with van der Waals surface area (Å²) in [4.78, 5) is 23.0. The van der Waals surface area contributed by atoms with E-state index in [9.17, 15) is 9.59 Å². The first-order chi connectivity index (χ1) is 10.1. The van der Waals surface area contributed by atoms with Gasteiger partial charge in [0.15, 0.2) is 0 Å². The van der Waals surface area contributed by atoms with Crippen molar-refractivity contribution in [2.24, 2.45) is 0 Å². The molecule has 2 aromatic carbocycles. The number of hydrogen-bond acceptors (Lipinski definition) is 2. The number of carbonyl (C=O) groups is 2. The van der Waals surface area contributed by atoms with Crippen LogP contribution < -0.4 is 10.6 Å². The third-order valence-electron chi connectivity index (χ3n) is 3.62. The zero-order valence-electron chi connectivity index (χ0n) is 11.9. The van der Waals surface area contributed by atoms with Gasteiger partial charge in [-0.1, -0.05) is 36.4 Å². The van der Waals surface area contributed by atoms with Crippen LogP contribution in [0.5, 0.6) is 0 Å². The van der Waals surface area contributed by atoms with Gasteiger partial charge in [-0.25, -0.2) is 0 Å². The Hall–Kier alpha value is -2.62. The fourth-order valence-corrected chi connectivity index (χ4v) is 2.91. The lowest BCUT2D eigenvalue weighted by atomic mass is 10.0. The number of rotatable bonds is 2. The summed E-state index contributed by atoms with van der Waals surface area (Å²) in [7, 11) is 0. The molecule has 1 atom stereocenters. The smallest absolute Gasteiger partial charge is 0.221 e. The molecule has 1 aliphatic carbocycles. The summed E-state index contributed by atoms with van der Waals surface area (Å²) >= 11 is 0. The van der Waals surface area contributed by atoms with Crippen LogP contribution >= 0.6 is 0 Å². The van der Waals surface area contributed by atoms with Gasteiger partial charge < -0.3 is 10.6 Å². The minimum absolute atomic E-state index is 0.0970. The first kappa shape index (κ1) is 13.4. The van der Waals surface area contributed by atoms with Gasteiger partial charge in [0.2, 0.25) is 11.8 Å². The summed E-state index contributed by atoms with van der Waals surface area (Å²) in [5.41, 5.74) is 4.90. The molecule has 0 radical (unpaired) electrons. The molecule has 2 aromatic rings. The molecule has 0 heterocycles. The third kappa shape index (κ3) is 2.29. The van der Waals surface area contributed by atoms with E-state index < -0.39 is 0 Å². The van der Waals surface area contributed by atoms with E-state index in [1.54, 1.807) is 0 Å². The molecule has 2 N–H and O–H groups in total. The Labute approximate surface area is 123 Å². The maximum Gasteiger partial charge on any atom is 0.221 e. The van der Waals surface area contributed by atoms with Gasteiger partial charge in [-0.3, -0.25) is 9.59 Å². The van der Waals surface area contributed by atoms with Crippen molar-refractivity contribution in [3.05, 3.63) is 53.6 Å². The van der Waals surface area contributed by atoms with Crippen molar-refractivity contribution in [1.82, 2.24) is 5.32 Å². The van der Waals surface area contributed by atoms with Crippen molar-refractivity contribution in [2.75, 3.05) is 5.32 Å². The average Bonchev–Trinajstić information content (AvgIpc) is 2.74. The lowest BCUT2D eigenvalue weighted by Crippen LogP contribution is -2.26. The highest BCUT2D eigenvalue weighted by atomic mass is 16.2. The number of anilines is 1. The first-order valence-corrected chi connectivity index (χ1v) is 6.85. The van der Waals surface area contributed by atoms with Crippen LogP contribution in [-0.2, 0) is 9.59 Å². The fourth-order valence-electron chi connectivity index (χ4n) is 2.91. The number of fused-ring (bicyclic) bond motifs is 3. The van der Waals surface area contributed by atoms with Crippen molar-refractivity contribution in [2.45, 2.75) is 19.9 Å². The van der Waals surface area contributed by atoms with Crippen LogP contribution in [0.15, 0.2) is 42.5 Å². The molecule has 4 nitrogen and oxygen atoms in total. The largest absolute Gasteiger partial charge is 0.345 e. The first-order valence-electron chi connectivity index (χ1n) is 6.85. The Morgan fingerprint density at radius 2 is 1.62 bits per heavy atom. The summed E-state index contributed by atoms with van der Waals surface area (Å²) in [6, 6.07) is 13.5. The molecule has 0 bridgehead atoms. The highest BCUT2D eigenvalue weighted by Gasteiger charge is 2.31. The Bertz CT molecular complexity index is 737. The van der Waals surface area contributed by atoms with Crippen molar-refractivity contribution in [3.63, 3.8) is 0 Å². The maximum atomic E-state index is 11.6. The topological polar surface area (TPSA) is 58.2 Å². The van der Waals surface area contributed by atoms with Gasteiger partial charge in [0.25, 0.3) is 0 Å². The van der Waals surface area contributed by atoms with Gasteiger partial charge >= 0.3 is 0 Å². The Balaban J connectivity index is 2.20. The summed E-state index contributed by atoms with van der Waals surface area (Å²) in [5, 5.41) is 5.83. The van der Waals surface area contributed by atoms with Crippen LogP contribution in [0.1, 0.15) is 31.0 Å². The number of benzene rings is 2. The van der Waals surface area contributed by atoms with Crippen molar-refractivity contribution in [3.8, 4) is 11.1 Å². The molecule has 1 unspecified atom stereocenters. The predicted octanol–water partition coefficient (Wildman–Crippen LogP) is 2.85. The Morgan fingerprint density at radius 3 is 2.33 bits per heavy atom. The lowest BCUT2D eigenvalue weighted by molar-refractivity contribution is -0.119. The zero-order valence-corrected chi connectivity index (χ0v) is 11.9. The summed E-state index contributed by atoms with van der Waals surface area (Å²) < 4.78 is 0. The van der Waals surface area contributed by atoms with E-state index in [2.05, 4.69) is 10.6 Å². The number of hydrogen-bond donors (Lipinski definition) is 2. The minimum Gasteiger partial charge on any atom is -0.345 e. The van der Waals surface area contributed by atoms with Crippen molar-refractivity contribution < 1.29 is 9.59 Å². The molecule has 106 valence electrons. The van der Waals surface area contributed by atoms with E-state index in [0.717, 1.165) is 27.9 Å². The lowest BCUT2D eigenvalue weighted by Gasteiger charge is -2.18. The summed E-state index contributed by atoms with van der Waals surface area (Å²) in [5.74, 6) is -0.221. The van der Waals surface area contributed by atoms with Crippen LogP contribution in [0.4, 0.5) is 5.69 Å². The standard InChI is InChI=1S/C17H16N2O2/c1-10(20)18-15-9-5-8-13-12-6-3-4-7-14(12)17(16(13)15)19-11(2)21/h3-9,17H,1-2H3,(H,18,20)(H,19,21). The summed E-state index contributed by atoms with van der Waals surface area (Å²) in [6.07, 6.45) is 0. The van der Waals surface area contributed by atoms with E-state index in [0.29, 0.717) is 0 Å². The normalized spacial score (nSPS) is 15.0. The molecule has 0 spiro atoms. The van der Waals surface area contributed by atoms with E-state index in [-0.39, 0.29) is 17.9 Å². The van der Waals surface area contributed by atoms with Crippen LogP contribution in [0.25, 0.3) is 11.1 Å². The van der Waals surface area contributed by atoms with Crippen LogP contribution in [0.2, 0.25) is 0 Å². The van der Waals surface area contributed by atoms with Crippen molar-refractivity contribution in [1.29, 1.82) is 0 Å². The molecule has 4 heteroatoms. The average molecular weight is 280 g/mol. The molecule has 0 saturated carbocycles. The molecule has 0 aliphatic heterocycles. The molecule has 3 rings (SSSR count). The van der Waals surface area contributed by atoms with E-state index in [1.807, 2.05) is 42.5 Å². The van der Waals surface area contributed by atoms with Gasteiger partial charge in [0.1, 0.15) is 0 Å². The second-order valence-corrected chi connectivity index (χ2v) is 5.17. The third-order valence-corrected chi connectivity index (χ3v) is 3.62. The molecule has 0 saturated heterocycles. The van der Waals surface area contributed by atoms with Gasteiger partial charge in [-0.15, -0.1) is 0 Å². The van der Waals surface area contributed by atoms with Crippen molar-refractivity contribution >= 4 is 17.5 Å². The monoisotopic (exact) mass is 280 g/mol. The van der Waals surface area contributed by atoms with Gasteiger partial charge in [-0.05, 0) is 22.8 Å². The van der Waals surface area contributed by atoms with Gasteiger partial charge in [0.05, 0.1) is 6.04 Å². The molecule has 0 aromatic heterocycles. The minimum atomic E-state index is -0.225. The molecule has 21 heavy (non-hydrogen) atoms. The second-order valence-electron chi connectivity index (χ2n) is 5.17. The van der Waals surface area contributed by atoms with E-state index >= 15 is 0 Å². The Kier molecular flexibility index (Phi) is 3.22. The fraction of sp³-hybridized carbons (Fsp3) is 0.176. The summed E-state index contributed by atoms with van der Waals surface area (Å²) in [6.45, 7) is 2.98. The highest BCUT2D eigenvalue weighted by Crippen LogP contribution is 2.46. The van der Waals surface area contributed by atoms with Gasteiger partial charge in [0, 0.05) is 25.1 Å². The highest BCUT2D eigenvalue weighted by molar-refractivity contribution is 5.94. The van der Waals surface area contributed by atoms with Gasteiger partial charge in [-0.2, -0.15) is 0 Å². The van der Waals surface area contributed by atoms with E-state index in [1.165, 1.54) is 13.8 Å². The Morgan fingerprint density at radius 1 is 0.905 bits per heavy atom. The molecule has 1 aliphatic rings. The molecular formula is C17H16N2O2. The quantitative estimate of drug-likeness (QED) is 0.888. The molecule has 0 fully saturated rings. The van der Waals surface area contributed by atoms with Crippen LogP contribution in [0.3, 0.4) is 0 Å². The number of amides is 2. The molecule has 2 amide bonds. The maximum absolute atomic E-state index is 11.6. The van der Waals surface area contributed by atoms with Crippen LogP contribution in [-0.4, -0.2) is 11.8 Å².